The molecule has 1 unspecified atom stereocenters. The van der Waals surface area contributed by atoms with E-state index in [1.807, 2.05) is 59.5 Å². The largest absolute Gasteiger partial charge is 0.445 e. The Kier molecular flexibility index (Phi) is 5.56. The molecule has 5 nitrogen and oxygen atoms in total. The normalized spacial score (nSPS) is 23.7. The number of anilines is 1. The molecule has 1 fully saturated rings. The lowest BCUT2D eigenvalue weighted by molar-refractivity contribution is -0.118. The summed E-state index contributed by atoms with van der Waals surface area (Å²) in [5, 5.41) is 3.09. The van der Waals surface area contributed by atoms with Gasteiger partial charge in [0.05, 0.1) is 6.04 Å². The van der Waals surface area contributed by atoms with Crippen LogP contribution < -0.4 is 10.2 Å². The van der Waals surface area contributed by atoms with Crippen molar-refractivity contribution >= 4 is 17.7 Å². The minimum atomic E-state index is -0.427. The second-order valence-electron chi connectivity index (χ2n) is 8.17. The van der Waals surface area contributed by atoms with E-state index in [1.54, 1.807) is 6.92 Å². The van der Waals surface area contributed by atoms with Gasteiger partial charge in [-0.2, -0.15) is 0 Å². The van der Waals surface area contributed by atoms with E-state index in [1.165, 1.54) is 6.42 Å². The highest BCUT2D eigenvalue weighted by Crippen LogP contribution is 2.47. The molecule has 0 saturated heterocycles. The molecule has 1 heterocycles. The first-order chi connectivity index (χ1) is 14.1. The predicted molar refractivity (Wildman–Crippen MR) is 112 cm³/mol. The maximum absolute atomic E-state index is 12.6. The molecule has 1 N–H and O–H groups in total. The molecule has 0 radical (unpaired) electrons. The number of hydrogen-bond donors (Lipinski definition) is 1. The summed E-state index contributed by atoms with van der Waals surface area (Å²) >= 11 is 0. The van der Waals surface area contributed by atoms with Crippen molar-refractivity contribution in [1.82, 2.24) is 5.32 Å². The summed E-state index contributed by atoms with van der Waals surface area (Å²) in [6.07, 6.45) is 3.04. The third-order valence-electron chi connectivity index (χ3n) is 6.35. The lowest BCUT2D eigenvalue weighted by atomic mass is 9.69. The van der Waals surface area contributed by atoms with Crippen molar-refractivity contribution in [1.29, 1.82) is 0 Å². The summed E-state index contributed by atoms with van der Waals surface area (Å²) in [5.74, 6) is 0.640. The van der Waals surface area contributed by atoms with Gasteiger partial charge < -0.3 is 15.0 Å². The Balaban J connectivity index is 1.57. The van der Waals surface area contributed by atoms with Crippen molar-refractivity contribution in [2.24, 2.45) is 11.8 Å². The third-order valence-corrected chi connectivity index (χ3v) is 6.35. The number of para-hydroxylation sites is 1. The van der Waals surface area contributed by atoms with Gasteiger partial charge in [0.25, 0.3) is 0 Å². The first-order valence-electron chi connectivity index (χ1n) is 10.4. The molecule has 1 aliphatic carbocycles. The number of rotatable bonds is 4. The Morgan fingerprint density at radius 3 is 2.41 bits per heavy atom. The maximum Gasteiger partial charge on any atom is 0.407 e. The Morgan fingerprint density at radius 1 is 1.07 bits per heavy atom. The van der Waals surface area contributed by atoms with E-state index in [0.717, 1.165) is 29.7 Å². The molecule has 29 heavy (non-hydrogen) atoms. The molecule has 2 aromatic carbocycles. The zero-order chi connectivity index (χ0) is 20.4. The number of nitrogens with one attached hydrogen (secondary N) is 1. The Labute approximate surface area is 172 Å². The number of benzene rings is 2. The fraction of sp³-hybridized carbons (Fsp3) is 0.417. The molecule has 2 aromatic rings. The van der Waals surface area contributed by atoms with Crippen molar-refractivity contribution < 1.29 is 14.3 Å². The van der Waals surface area contributed by atoms with E-state index < -0.39 is 6.09 Å². The number of carbonyl (C=O) groups excluding carboxylic acids is 2. The van der Waals surface area contributed by atoms with E-state index in [4.69, 9.17) is 4.74 Å². The van der Waals surface area contributed by atoms with Crippen LogP contribution in [0.2, 0.25) is 0 Å². The number of fused-ring (bicyclic) bond motifs is 1. The fourth-order valence-electron chi connectivity index (χ4n) is 4.75. The summed E-state index contributed by atoms with van der Waals surface area (Å²) < 4.78 is 5.47. The zero-order valence-corrected chi connectivity index (χ0v) is 17.0. The van der Waals surface area contributed by atoms with E-state index in [2.05, 4.69) is 12.2 Å². The molecule has 1 saturated carbocycles. The second-order valence-corrected chi connectivity index (χ2v) is 8.17. The van der Waals surface area contributed by atoms with E-state index >= 15 is 0 Å². The van der Waals surface area contributed by atoms with Gasteiger partial charge in [-0.15, -0.1) is 0 Å². The lowest BCUT2D eigenvalue weighted by Gasteiger charge is -2.50. The number of ether oxygens (including phenoxy) is 1. The van der Waals surface area contributed by atoms with Gasteiger partial charge in [-0.25, -0.2) is 4.79 Å². The SMILES string of the molecule is CC(=O)N1c2ccccc2C(NC(=O)OCc2ccccc2)[C@@H](C)[C@@H]1C1CCC1. The lowest BCUT2D eigenvalue weighted by Crippen LogP contribution is -2.56. The quantitative estimate of drug-likeness (QED) is 0.811. The molecule has 4 rings (SSSR count). The van der Waals surface area contributed by atoms with Crippen LogP contribution in [0.4, 0.5) is 10.5 Å². The van der Waals surface area contributed by atoms with Crippen LogP contribution in [-0.2, 0) is 16.1 Å². The minimum Gasteiger partial charge on any atom is -0.445 e. The first-order valence-corrected chi connectivity index (χ1v) is 10.4. The highest BCUT2D eigenvalue weighted by molar-refractivity contribution is 5.94. The number of nitrogens with zero attached hydrogens (tertiary/aromatic N) is 1. The molecule has 2 aliphatic rings. The van der Waals surface area contributed by atoms with E-state index in [0.29, 0.717) is 5.92 Å². The van der Waals surface area contributed by atoms with Crippen LogP contribution >= 0.6 is 0 Å². The molecular weight excluding hydrogens is 364 g/mol. The van der Waals surface area contributed by atoms with Gasteiger partial charge in [0, 0.05) is 24.6 Å². The van der Waals surface area contributed by atoms with Gasteiger partial charge in [-0.05, 0) is 36.0 Å². The van der Waals surface area contributed by atoms with Gasteiger partial charge in [0.2, 0.25) is 5.91 Å². The molecule has 0 aromatic heterocycles. The minimum absolute atomic E-state index is 0.0614. The average molecular weight is 392 g/mol. The van der Waals surface area contributed by atoms with Crippen molar-refractivity contribution in [3.05, 3.63) is 65.7 Å². The van der Waals surface area contributed by atoms with Crippen LogP contribution in [-0.4, -0.2) is 18.0 Å². The van der Waals surface area contributed by atoms with Gasteiger partial charge in [0.15, 0.2) is 0 Å². The number of alkyl carbamates (subject to hydrolysis) is 1. The van der Waals surface area contributed by atoms with Crippen LogP contribution in [0.5, 0.6) is 0 Å². The van der Waals surface area contributed by atoms with Gasteiger partial charge >= 0.3 is 6.09 Å². The number of amides is 2. The maximum atomic E-state index is 12.6. The predicted octanol–water partition coefficient (Wildman–Crippen LogP) is 4.83. The van der Waals surface area contributed by atoms with Gasteiger partial charge in [0.1, 0.15) is 6.61 Å². The van der Waals surface area contributed by atoms with Crippen LogP contribution in [0.3, 0.4) is 0 Å². The van der Waals surface area contributed by atoms with Crippen molar-refractivity contribution in [3.8, 4) is 0 Å². The van der Waals surface area contributed by atoms with Crippen LogP contribution in [0.15, 0.2) is 54.6 Å². The molecule has 3 atom stereocenters. The second kappa shape index (κ2) is 8.27. The standard InChI is InChI=1S/C24H28N2O3/c1-16-22(25-24(28)29-15-18-9-4-3-5-10-18)20-13-6-7-14-21(20)26(17(2)27)23(16)19-11-8-12-19/h3-7,9-10,13-14,16,19,22-23H,8,11-12,15H2,1-2H3,(H,25,28)/t16-,22?,23-/m1/s1. The van der Waals surface area contributed by atoms with Crippen molar-refractivity contribution in [3.63, 3.8) is 0 Å². The van der Waals surface area contributed by atoms with Crippen LogP contribution in [0.25, 0.3) is 0 Å². The van der Waals surface area contributed by atoms with Gasteiger partial charge in [-0.1, -0.05) is 61.9 Å². The summed E-state index contributed by atoms with van der Waals surface area (Å²) in [6, 6.07) is 17.5. The van der Waals surface area contributed by atoms with Crippen molar-refractivity contribution in [2.75, 3.05) is 4.90 Å². The molecule has 5 heteroatoms. The van der Waals surface area contributed by atoms with Crippen LogP contribution in [0.1, 0.15) is 50.3 Å². The van der Waals surface area contributed by atoms with E-state index in [9.17, 15) is 9.59 Å². The summed E-state index contributed by atoms with van der Waals surface area (Å²) in [5.41, 5.74) is 2.83. The molecule has 0 spiro atoms. The fourth-order valence-corrected chi connectivity index (χ4v) is 4.75. The Morgan fingerprint density at radius 2 is 1.76 bits per heavy atom. The zero-order valence-electron chi connectivity index (χ0n) is 17.0. The summed E-state index contributed by atoms with van der Waals surface area (Å²) in [7, 11) is 0. The van der Waals surface area contributed by atoms with Crippen LogP contribution in [0, 0.1) is 11.8 Å². The molecule has 152 valence electrons. The van der Waals surface area contributed by atoms with E-state index in [-0.39, 0.29) is 30.5 Å². The molecule has 2 amide bonds. The number of carbonyl (C=O) groups is 2. The third kappa shape index (κ3) is 3.86. The first kappa shape index (κ1) is 19.5. The molecule has 1 aliphatic heterocycles. The van der Waals surface area contributed by atoms with Crippen molar-refractivity contribution in [2.45, 2.75) is 51.8 Å². The Bertz CT molecular complexity index is 879. The topological polar surface area (TPSA) is 58.6 Å². The highest BCUT2D eigenvalue weighted by Gasteiger charge is 2.45. The molecular formula is C24H28N2O3. The average Bonchev–Trinajstić information content (AvgIpc) is 2.68. The summed E-state index contributed by atoms with van der Waals surface area (Å²) in [6.45, 7) is 4.01. The molecule has 0 bridgehead atoms. The Hall–Kier alpha value is -2.82. The number of hydrogen-bond acceptors (Lipinski definition) is 3. The van der Waals surface area contributed by atoms with Gasteiger partial charge in [-0.3, -0.25) is 4.79 Å². The highest BCUT2D eigenvalue weighted by atomic mass is 16.5. The summed E-state index contributed by atoms with van der Waals surface area (Å²) in [4.78, 5) is 27.1. The monoisotopic (exact) mass is 392 g/mol. The smallest absolute Gasteiger partial charge is 0.407 e.